The third-order valence-electron chi connectivity index (χ3n) is 5.40. The van der Waals surface area contributed by atoms with Gasteiger partial charge in [0.25, 0.3) is 5.91 Å². The fraction of sp³-hybridized carbons (Fsp3) is 0.435. The lowest BCUT2D eigenvalue weighted by Gasteiger charge is -2.32. The summed E-state index contributed by atoms with van der Waals surface area (Å²) in [5, 5.41) is 5.35. The summed E-state index contributed by atoms with van der Waals surface area (Å²) >= 11 is 6.31. The van der Waals surface area contributed by atoms with Gasteiger partial charge >= 0.3 is 0 Å². The minimum Gasteiger partial charge on any atom is -0.299 e. The van der Waals surface area contributed by atoms with Crippen molar-refractivity contribution in [1.29, 1.82) is 0 Å². The molecular formula is C23H29ClN4O. The van der Waals surface area contributed by atoms with Crippen molar-refractivity contribution < 1.29 is 4.79 Å². The first-order chi connectivity index (χ1) is 14.2. The van der Waals surface area contributed by atoms with Crippen LogP contribution < -0.4 is 5.43 Å². The number of piperidine rings is 1. The topological polar surface area (TPSA) is 57.6 Å². The first-order valence-electron chi connectivity index (χ1n) is 10.4. The van der Waals surface area contributed by atoms with Gasteiger partial charge in [-0.15, -0.1) is 0 Å². The van der Waals surface area contributed by atoms with Crippen molar-refractivity contribution in [3.05, 3.63) is 64.9 Å². The van der Waals surface area contributed by atoms with Gasteiger partial charge < -0.3 is 0 Å². The number of nitrogens with zero attached hydrogens (tertiary/aromatic N) is 3. The Kier molecular flexibility index (Phi) is 8.20. The molecule has 1 fully saturated rings. The maximum absolute atomic E-state index is 12.3. The molecule has 1 aromatic carbocycles. The van der Waals surface area contributed by atoms with Crippen LogP contribution in [-0.2, 0) is 6.54 Å². The van der Waals surface area contributed by atoms with E-state index in [1.54, 1.807) is 24.4 Å². The highest BCUT2D eigenvalue weighted by molar-refractivity contribution is 6.31. The minimum atomic E-state index is -0.254. The maximum atomic E-state index is 12.3. The Morgan fingerprint density at radius 3 is 2.66 bits per heavy atom. The highest BCUT2D eigenvalue weighted by Gasteiger charge is 2.24. The lowest BCUT2D eigenvalue weighted by molar-refractivity contribution is 0.0949. The summed E-state index contributed by atoms with van der Waals surface area (Å²) < 4.78 is 0. The van der Waals surface area contributed by atoms with Crippen LogP contribution in [0.15, 0.2) is 53.8 Å². The third-order valence-corrected chi connectivity index (χ3v) is 5.76. The zero-order valence-electron chi connectivity index (χ0n) is 17.0. The number of likely N-dealkylation sites (tertiary alicyclic amines) is 1. The fourth-order valence-corrected chi connectivity index (χ4v) is 3.87. The van der Waals surface area contributed by atoms with Crippen LogP contribution in [0.3, 0.4) is 0 Å². The Morgan fingerprint density at radius 2 is 1.97 bits per heavy atom. The van der Waals surface area contributed by atoms with Crippen molar-refractivity contribution in [3.8, 4) is 0 Å². The summed E-state index contributed by atoms with van der Waals surface area (Å²) in [5.74, 6) is 0.156. The van der Waals surface area contributed by atoms with E-state index in [0.29, 0.717) is 11.6 Å². The SMILES string of the molecule is CCCC/C(=N\NC(=O)c1ccccn1)C1CCN(Cc2ccccc2Cl)CC1. The summed E-state index contributed by atoms with van der Waals surface area (Å²) in [6, 6.07) is 13.3. The van der Waals surface area contributed by atoms with Gasteiger partial charge in [-0.2, -0.15) is 5.10 Å². The number of benzene rings is 1. The number of aromatic nitrogens is 1. The second-order valence-corrected chi connectivity index (χ2v) is 7.91. The van der Waals surface area contributed by atoms with Crippen molar-refractivity contribution in [2.24, 2.45) is 11.0 Å². The number of unbranched alkanes of at least 4 members (excludes halogenated alkanes) is 1. The van der Waals surface area contributed by atoms with E-state index >= 15 is 0 Å². The van der Waals surface area contributed by atoms with Crippen LogP contribution in [-0.4, -0.2) is 34.6 Å². The summed E-state index contributed by atoms with van der Waals surface area (Å²) in [6.45, 7) is 5.07. The second-order valence-electron chi connectivity index (χ2n) is 7.50. The lowest BCUT2D eigenvalue weighted by Crippen LogP contribution is -2.36. The van der Waals surface area contributed by atoms with Crippen molar-refractivity contribution in [2.75, 3.05) is 13.1 Å². The summed E-state index contributed by atoms with van der Waals surface area (Å²) in [7, 11) is 0. The van der Waals surface area contributed by atoms with Crippen molar-refractivity contribution >= 4 is 23.2 Å². The van der Waals surface area contributed by atoms with Crippen LogP contribution in [0, 0.1) is 5.92 Å². The normalized spacial score (nSPS) is 16.0. The molecule has 2 aromatic rings. The molecule has 1 aliphatic heterocycles. The van der Waals surface area contributed by atoms with Crippen LogP contribution in [0.1, 0.15) is 55.1 Å². The molecule has 154 valence electrons. The van der Waals surface area contributed by atoms with Crippen LogP contribution in [0.4, 0.5) is 0 Å². The van der Waals surface area contributed by atoms with E-state index < -0.39 is 0 Å². The molecule has 0 saturated carbocycles. The zero-order chi connectivity index (χ0) is 20.5. The summed E-state index contributed by atoms with van der Waals surface area (Å²) in [5.41, 5.74) is 5.39. The van der Waals surface area contributed by atoms with Gasteiger partial charge in [0.05, 0.1) is 0 Å². The number of carbonyl (C=O) groups is 1. The standard InChI is InChI=1S/C23H29ClN4O/c1-2-3-10-21(26-27-23(29)22-11-6-7-14-25-22)18-12-15-28(16-13-18)17-19-8-4-5-9-20(19)24/h4-9,11,14,18H,2-3,10,12-13,15-17H2,1H3,(H,27,29)/b26-21+. The van der Waals surface area contributed by atoms with Gasteiger partial charge in [0.1, 0.15) is 5.69 Å². The van der Waals surface area contributed by atoms with E-state index in [4.69, 9.17) is 11.6 Å². The van der Waals surface area contributed by atoms with Crippen LogP contribution in [0.25, 0.3) is 0 Å². The van der Waals surface area contributed by atoms with Gasteiger partial charge in [-0.05, 0) is 62.5 Å². The molecule has 0 bridgehead atoms. The smallest absolute Gasteiger partial charge is 0.289 e. The number of hydrogen-bond donors (Lipinski definition) is 1. The van der Waals surface area contributed by atoms with Gasteiger partial charge in [0, 0.05) is 29.4 Å². The second kappa shape index (κ2) is 11.1. The lowest BCUT2D eigenvalue weighted by atomic mass is 9.89. The Hall–Kier alpha value is -2.24. The van der Waals surface area contributed by atoms with E-state index in [1.807, 2.05) is 18.2 Å². The number of carbonyl (C=O) groups excluding carboxylic acids is 1. The van der Waals surface area contributed by atoms with Gasteiger partial charge in [-0.25, -0.2) is 5.43 Å². The minimum absolute atomic E-state index is 0.254. The predicted molar refractivity (Wildman–Crippen MR) is 118 cm³/mol. The summed E-state index contributed by atoms with van der Waals surface area (Å²) in [6.07, 6.45) is 6.83. The van der Waals surface area contributed by atoms with E-state index in [-0.39, 0.29) is 5.91 Å². The molecule has 1 amide bonds. The number of hydrogen-bond acceptors (Lipinski definition) is 4. The van der Waals surface area contributed by atoms with E-state index in [0.717, 1.165) is 62.5 Å². The molecule has 2 heterocycles. The zero-order valence-corrected chi connectivity index (χ0v) is 17.7. The number of hydrazone groups is 1. The van der Waals surface area contributed by atoms with Crippen LogP contribution in [0.5, 0.6) is 0 Å². The number of amides is 1. The van der Waals surface area contributed by atoms with E-state index in [2.05, 4.69) is 33.4 Å². The largest absolute Gasteiger partial charge is 0.299 e. The quantitative estimate of drug-likeness (QED) is 0.494. The van der Waals surface area contributed by atoms with Crippen LogP contribution in [0.2, 0.25) is 5.02 Å². The fourth-order valence-electron chi connectivity index (χ4n) is 3.68. The molecule has 0 aliphatic carbocycles. The molecule has 1 saturated heterocycles. The third kappa shape index (κ3) is 6.38. The average molecular weight is 413 g/mol. The molecule has 0 atom stereocenters. The van der Waals surface area contributed by atoms with Crippen molar-refractivity contribution in [3.63, 3.8) is 0 Å². The van der Waals surface area contributed by atoms with E-state index in [9.17, 15) is 4.79 Å². The highest BCUT2D eigenvalue weighted by atomic mass is 35.5. The molecule has 0 spiro atoms. The molecule has 29 heavy (non-hydrogen) atoms. The Morgan fingerprint density at radius 1 is 1.21 bits per heavy atom. The highest BCUT2D eigenvalue weighted by Crippen LogP contribution is 2.24. The van der Waals surface area contributed by atoms with Gasteiger partial charge in [-0.3, -0.25) is 14.7 Å². The molecule has 0 unspecified atom stereocenters. The number of rotatable bonds is 8. The molecule has 5 nitrogen and oxygen atoms in total. The van der Waals surface area contributed by atoms with Gasteiger partial charge in [0.15, 0.2) is 0 Å². The molecule has 0 radical (unpaired) electrons. The van der Waals surface area contributed by atoms with Gasteiger partial charge in [-0.1, -0.05) is 49.2 Å². The van der Waals surface area contributed by atoms with Gasteiger partial charge in [0.2, 0.25) is 0 Å². The predicted octanol–water partition coefficient (Wildman–Crippen LogP) is 4.92. The molecule has 1 aliphatic rings. The Labute approximate surface area is 178 Å². The van der Waals surface area contributed by atoms with Crippen molar-refractivity contribution in [1.82, 2.24) is 15.3 Å². The summed E-state index contributed by atoms with van der Waals surface area (Å²) in [4.78, 5) is 18.8. The number of halogens is 1. The maximum Gasteiger partial charge on any atom is 0.289 e. The molecule has 1 N–H and O–H groups in total. The molecular weight excluding hydrogens is 384 g/mol. The molecule has 1 aromatic heterocycles. The monoisotopic (exact) mass is 412 g/mol. The number of pyridine rings is 1. The van der Waals surface area contributed by atoms with E-state index in [1.165, 1.54) is 5.56 Å². The Bertz CT molecular complexity index is 817. The molecule has 3 rings (SSSR count). The molecule has 6 heteroatoms. The Balaban J connectivity index is 1.58. The van der Waals surface area contributed by atoms with Crippen LogP contribution >= 0.6 is 11.6 Å². The first-order valence-corrected chi connectivity index (χ1v) is 10.8. The average Bonchev–Trinajstić information content (AvgIpc) is 2.76. The van der Waals surface area contributed by atoms with Crippen molar-refractivity contribution in [2.45, 2.75) is 45.6 Å². The number of nitrogens with one attached hydrogen (secondary N) is 1. The first kappa shape index (κ1) is 21.5.